The first-order chi connectivity index (χ1) is 7.33. The quantitative estimate of drug-likeness (QED) is 0.735. The molecule has 2 rings (SSSR count). The highest BCUT2D eigenvalue weighted by molar-refractivity contribution is 5.83. The van der Waals surface area contributed by atoms with Crippen LogP contribution in [0.25, 0.3) is 10.9 Å². The Labute approximate surface area is 90.5 Å². The number of nitrogens with one attached hydrogen (secondary N) is 1. The Morgan fingerprint density at radius 1 is 1.20 bits per heavy atom. The van der Waals surface area contributed by atoms with Crippen LogP contribution in [0.1, 0.15) is 24.0 Å². The molecule has 1 heterocycles. The Morgan fingerprint density at radius 2 is 2.07 bits per heavy atom. The molecular formula is C13H18N2. The van der Waals surface area contributed by atoms with E-state index in [1.54, 1.807) is 0 Å². The molecular weight excluding hydrogens is 184 g/mol. The maximum absolute atomic E-state index is 5.50. The molecule has 0 aliphatic heterocycles. The second-order valence-corrected chi connectivity index (χ2v) is 4.04. The molecule has 0 aliphatic carbocycles. The van der Waals surface area contributed by atoms with E-state index >= 15 is 0 Å². The lowest BCUT2D eigenvalue weighted by Crippen LogP contribution is -1.99. The molecule has 0 bridgehead atoms. The minimum atomic E-state index is 0.795. The predicted octanol–water partition coefficient (Wildman–Crippen LogP) is 2.76. The van der Waals surface area contributed by atoms with Crippen LogP contribution in [-0.4, -0.2) is 11.5 Å². The van der Waals surface area contributed by atoms with E-state index in [1.807, 2.05) is 6.20 Å². The number of nitrogens with two attached hydrogens (primary N) is 1. The lowest BCUT2D eigenvalue weighted by atomic mass is 10.0. The number of rotatable bonds is 4. The summed E-state index contributed by atoms with van der Waals surface area (Å²) in [5, 5.41) is 1.30. The highest BCUT2D eigenvalue weighted by Gasteiger charge is 2.03. The zero-order chi connectivity index (χ0) is 10.7. The molecule has 0 fully saturated rings. The van der Waals surface area contributed by atoms with Gasteiger partial charge in [-0.2, -0.15) is 0 Å². The van der Waals surface area contributed by atoms with Gasteiger partial charge in [0.2, 0.25) is 0 Å². The molecule has 0 unspecified atom stereocenters. The Balaban J connectivity index is 2.23. The number of aryl methyl sites for hydroxylation is 2. The normalized spacial score (nSPS) is 11.1. The molecule has 2 nitrogen and oxygen atoms in total. The van der Waals surface area contributed by atoms with Gasteiger partial charge < -0.3 is 10.7 Å². The van der Waals surface area contributed by atoms with Crippen LogP contribution in [0, 0.1) is 6.92 Å². The van der Waals surface area contributed by atoms with Crippen molar-refractivity contribution in [1.82, 2.24) is 4.98 Å². The third kappa shape index (κ3) is 2.05. The molecule has 80 valence electrons. The maximum Gasteiger partial charge on any atom is 0.0486 e. The van der Waals surface area contributed by atoms with Gasteiger partial charge in [0.25, 0.3) is 0 Å². The molecule has 1 aromatic carbocycles. The SMILES string of the molecule is Cc1c(CCCCN)ccc2cc[nH]c12. The van der Waals surface area contributed by atoms with Crippen LogP contribution in [-0.2, 0) is 6.42 Å². The first-order valence-electron chi connectivity index (χ1n) is 5.58. The molecule has 3 N–H and O–H groups in total. The predicted molar refractivity (Wildman–Crippen MR) is 65.0 cm³/mol. The van der Waals surface area contributed by atoms with Crippen molar-refractivity contribution in [2.75, 3.05) is 6.54 Å². The van der Waals surface area contributed by atoms with Gasteiger partial charge in [0.05, 0.1) is 0 Å². The minimum absolute atomic E-state index is 0.795. The zero-order valence-electron chi connectivity index (χ0n) is 9.22. The summed E-state index contributed by atoms with van der Waals surface area (Å²) in [5.41, 5.74) is 9.60. The van der Waals surface area contributed by atoms with Crippen LogP contribution < -0.4 is 5.73 Å². The molecule has 15 heavy (non-hydrogen) atoms. The second-order valence-electron chi connectivity index (χ2n) is 4.04. The molecule has 2 heteroatoms. The number of hydrogen-bond donors (Lipinski definition) is 2. The Hall–Kier alpha value is -1.28. The first kappa shape index (κ1) is 10.2. The third-order valence-corrected chi connectivity index (χ3v) is 3.00. The standard InChI is InChI=1S/C13H18N2/c1-10-11(4-2-3-8-14)5-6-12-7-9-15-13(10)12/h5-7,9,15H,2-4,8,14H2,1H3. The monoisotopic (exact) mass is 202 g/mol. The van der Waals surface area contributed by atoms with Crippen molar-refractivity contribution in [3.8, 4) is 0 Å². The molecule has 1 aromatic heterocycles. The molecule has 0 radical (unpaired) electrons. The van der Waals surface area contributed by atoms with Crippen molar-refractivity contribution < 1.29 is 0 Å². The van der Waals surface area contributed by atoms with Gasteiger partial charge in [-0.1, -0.05) is 12.1 Å². The largest absolute Gasteiger partial charge is 0.361 e. The summed E-state index contributed by atoms with van der Waals surface area (Å²) < 4.78 is 0. The Kier molecular flexibility index (Phi) is 3.07. The van der Waals surface area contributed by atoms with Crippen molar-refractivity contribution in [2.45, 2.75) is 26.2 Å². The van der Waals surface area contributed by atoms with Crippen LogP contribution >= 0.6 is 0 Å². The maximum atomic E-state index is 5.50. The number of fused-ring (bicyclic) bond motifs is 1. The van der Waals surface area contributed by atoms with Crippen LogP contribution in [0.4, 0.5) is 0 Å². The zero-order valence-corrected chi connectivity index (χ0v) is 9.22. The summed E-state index contributed by atoms with van der Waals surface area (Å²) in [6.45, 7) is 2.99. The van der Waals surface area contributed by atoms with Gasteiger partial charge in [-0.25, -0.2) is 0 Å². The van der Waals surface area contributed by atoms with E-state index in [-0.39, 0.29) is 0 Å². The fraction of sp³-hybridized carbons (Fsp3) is 0.385. The number of aromatic amines is 1. The van der Waals surface area contributed by atoms with Gasteiger partial charge in [0, 0.05) is 11.7 Å². The van der Waals surface area contributed by atoms with Gasteiger partial charge in [0.15, 0.2) is 0 Å². The summed E-state index contributed by atoms with van der Waals surface area (Å²) in [6.07, 6.45) is 5.44. The van der Waals surface area contributed by atoms with E-state index in [4.69, 9.17) is 5.73 Å². The summed E-state index contributed by atoms with van der Waals surface area (Å²) in [4.78, 5) is 3.29. The highest BCUT2D eigenvalue weighted by atomic mass is 14.7. The van der Waals surface area contributed by atoms with Crippen LogP contribution in [0.3, 0.4) is 0 Å². The average molecular weight is 202 g/mol. The molecule has 0 amide bonds. The van der Waals surface area contributed by atoms with E-state index in [0.29, 0.717) is 0 Å². The van der Waals surface area contributed by atoms with Gasteiger partial charge in [-0.3, -0.25) is 0 Å². The topological polar surface area (TPSA) is 41.8 Å². The molecule has 0 saturated carbocycles. The summed E-state index contributed by atoms with van der Waals surface area (Å²) in [5.74, 6) is 0. The number of hydrogen-bond acceptors (Lipinski definition) is 1. The Morgan fingerprint density at radius 3 is 2.87 bits per heavy atom. The summed E-state index contributed by atoms with van der Waals surface area (Å²) in [6, 6.07) is 6.55. The van der Waals surface area contributed by atoms with Crippen molar-refractivity contribution >= 4 is 10.9 Å². The molecule has 0 aliphatic rings. The Bertz CT molecular complexity index is 443. The van der Waals surface area contributed by atoms with Gasteiger partial charge >= 0.3 is 0 Å². The van der Waals surface area contributed by atoms with Gasteiger partial charge in [0.1, 0.15) is 0 Å². The van der Waals surface area contributed by atoms with Crippen molar-refractivity contribution in [1.29, 1.82) is 0 Å². The van der Waals surface area contributed by atoms with Crippen molar-refractivity contribution in [2.24, 2.45) is 5.73 Å². The molecule has 0 spiro atoms. The minimum Gasteiger partial charge on any atom is -0.361 e. The van der Waals surface area contributed by atoms with Crippen molar-refractivity contribution in [3.63, 3.8) is 0 Å². The average Bonchev–Trinajstić information content (AvgIpc) is 2.70. The first-order valence-corrected chi connectivity index (χ1v) is 5.58. The van der Waals surface area contributed by atoms with Gasteiger partial charge in [-0.05, 0) is 55.3 Å². The molecule has 0 saturated heterocycles. The fourth-order valence-electron chi connectivity index (χ4n) is 2.05. The highest BCUT2D eigenvalue weighted by Crippen LogP contribution is 2.21. The molecule has 0 atom stereocenters. The number of unbranched alkanes of at least 4 members (excludes halogenated alkanes) is 1. The van der Waals surface area contributed by atoms with E-state index in [1.165, 1.54) is 28.5 Å². The van der Waals surface area contributed by atoms with Crippen LogP contribution in [0.15, 0.2) is 24.4 Å². The summed E-state index contributed by atoms with van der Waals surface area (Å²) >= 11 is 0. The molecule has 2 aromatic rings. The van der Waals surface area contributed by atoms with Crippen LogP contribution in [0.5, 0.6) is 0 Å². The fourth-order valence-corrected chi connectivity index (χ4v) is 2.05. The number of H-pyrrole nitrogens is 1. The van der Waals surface area contributed by atoms with E-state index in [0.717, 1.165) is 19.4 Å². The van der Waals surface area contributed by atoms with E-state index in [2.05, 4.69) is 30.1 Å². The summed E-state index contributed by atoms with van der Waals surface area (Å²) in [7, 11) is 0. The lowest BCUT2D eigenvalue weighted by molar-refractivity contribution is 0.743. The van der Waals surface area contributed by atoms with E-state index in [9.17, 15) is 0 Å². The number of benzene rings is 1. The lowest BCUT2D eigenvalue weighted by Gasteiger charge is -2.06. The van der Waals surface area contributed by atoms with Crippen molar-refractivity contribution in [3.05, 3.63) is 35.5 Å². The van der Waals surface area contributed by atoms with Gasteiger partial charge in [-0.15, -0.1) is 0 Å². The second kappa shape index (κ2) is 4.49. The van der Waals surface area contributed by atoms with E-state index < -0.39 is 0 Å². The third-order valence-electron chi connectivity index (χ3n) is 3.00. The number of aromatic nitrogens is 1. The van der Waals surface area contributed by atoms with Crippen LogP contribution in [0.2, 0.25) is 0 Å². The smallest absolute Gasteiger partial charge is 0.0486 e.